The minimum Gasteiger partial charge on any atom is -0.394 e. The first-order valence-corrected chi connectivity index (χ1v) is 11.9. The lowest BCUT2D eigenvalue weighted by Gasteiger charge is -2.42. The molecule has 2 fully saturated rings. The number of rotatable bonds is 6. The molecule has 2 heterocycles. The van der Waals surface area contributed by atoms with Crippen LogP contribution in [0.15, 0.2) is 42.5 Å². The fourth-order valence-electron chi connectivity index (χ4n) is 4.60. The SMILES string of the molecule is CC(Nc1cccc(N2CCN(C(=O)C3CCCN3)C(CO)C2)c1)c1ccc(Cl)cc1Cl. The standard InChI is InChI=1S/C24H30Cl2N4O2/c1-16(21-8-7-17(25)12-22(21)26)28-18-4-2-5-19(13-18)29-10-11-30(20(14-29)15-31)24(32)23-6-3-9-27-23/h2,4-5,7-8,12-13,16,20,23,27-28,31H,3,6,9-11,14-15H2,1H3. The molecule has 2 aromatic carbocycles. The van der Waals surface area contributed by atoms with Crippen LogP contribution in [-0.2, 0) is 4.79 Å². The molecule has 2 aromatic rings. The molecule has 1 amide bonds. The Balaban J connectivity index is 1.43. The van der Waals surface area contributed by atoms with E-state index in [1.807, 2.05) is 29.2 Å². The highest BCUT2D eigenvalue weighted by molar-refractivity contribution is 6.35. The lowest BCUT2D eigenvalue weighted by Crippen LogP contribution is -2.59. The number of nitrogens with one attached hydrogen (secondary N) is 2. The van der Waals surface area contributed by atoms with E-state index in [-0.39, 0.29) is 30.6 Å². The van der Waals surface area contributed by atoms with Gasteiger partial charge < -0.3 is 25.5 Å². The van der Waals surface area contributed by atoms with Crippen molar-refractivity contribution in [2.24, 2.45) is 0 Å². The van der Waals surface area contributed by atoms with Crippen LogP contribution in [0.3, 0.4) is 0 Å². The van der Waals surface area contributed by atoms with Crippen LogP contribution in [0.5, 0.6) is 0 Å². The zero-order chi connectivity index (χ0) is 22.7. The molecular weight excluding hydrogens is 447 g/mol. The normalized spacial score (nSPS) is 22.1. The lowest BCUT2D eigenvalue weighted by atomic mass is 10.1. The van der Waals surface area contributed by atoms with Crippen LogP contribution in [0.25, 0.3) is 0 Å². The van der Waals surface area contributed by atoms with Gasteiger partial charge in [-0.05, 0) is 62.2 Å². The van der Waals surface area contributed by atoms with E-state index < -0.39 is 0 Å². The molecule has 2 aliphatic heterocycles. The van der Waals surface area contributed by atoms with Gasteiger partial charge >= 0.3 is 0 Å². The van der Waals surface area contributed by atoms with Gasteiger partial charge in [0.25, 0.3) is 0 Å². The smallest absolute Gasteiger partial charge is 0.240 e. The second-order valence-corrected chi connectivity index (χ2v) is 9.39. The first kappa shape index (κ1) is 23.2. The first-order chi connectivity index (χ1) is 15.5. The third-order valence-corrected chi connectivity index (χ3v) is 6.92. The van der Waals surface area contributed by atoms with Crippen molar-refractivity contribution in [1.82, 2.24) is 10.2 Å². The number of carbonyl (C=O) groups is 1. The van der Waals surface area contributed by atoms with Crippen LogP contribution in [0.2, 0.25) is 10.0 Å². The van der Waals surface area contributed by atoms with Crippen LogP contribution in [-0.4, -0.2) is 60.8 Å². The van der Waals surface area contributed by atoms with Crippen molar-refractivity contribution < 1.29 is 9.90 Å². The van der Waals surface area contributed by atoms with Crippen molar-refractivity contribution in [3.8, 4) is 0 Å². The summed E-state index contributed by atoms with van der Waals surface area (Å²) in [6, 6.07) is 13.4. The molecule has 3 unspecified atom stereocenters. The fourth-order valence-corrected chi connectivity index (χ4v) is 5.18. The van der Waals surface area contributed by atoms with Gasteiger partial charge in [-0.1, -0.05) is 35.3 Å². The second kappa shape index (κ2) is 10.3. The summed E-state index contributed by atoms with van der Waals surface area (Å²) in [6.07, 6.45) is 1.90. The molecule has 0 spiro atoms. The Hall–Kier alpha value is -1.99. The van der Waals surface area contributed by atoms with Crippen LogP contribution in [0.4, 0.5) is 11.4 Å². The quantitative estimate of drug-likeness (QED) is 0.589. The van der Waals surface area contributed by atoms with E-state index in [2.05, 4.69) is 34.6 Å². The fraction of sp³-hybridized carbons (Fsp3) is 0.458. The maximum absolute atomic E-state index is 12.9. The van der Waals surface area contributed by atoms with Gasteiger partial charge in [-0.15, -0.1) is 0 Å². The number of amides is 1. The van der Waals surface area contributed by atoms with Crippen LogP contribution in [0.1, 0.15) is 31.4 Å². The molecule has 0 aromatic heterocycles. The number of benzene rings is 2. The number of piperazine rings is 1. The van der Waals surface area contributed by atoms with Gasteiger partial charge in [-0.25, -0.2) is 0 Å². The van der Waals surface area contributed by atoms with Crippen LogP contribution < -0.4 is 15.5 Å². The molecule has 8 heteroatoms. The molecule has 3 N–H and O–H groups in total. The molecule has 0 bridgehead atoms. The molecule has 172 valence electrons. The number of aliphatic hydroxyl groups excluding tert-OH is 1. The van der Waals surface area contributed by atoms with Gasteiger partial charge in [-0.3, -0.25) is 4.79 Å². The molecule has 4 rings (SSSR count). The van der Waals surface area contributed by atoms with E-state index in [0.717, 1.165) is 42.9 Å². The molecule has 32 heavy (non-hydrogen) atoms. The minimum absolute atomic E-state index is 0.00795. The van der Waals surface area contributed by atoms with Gasteiger partial charge in [0.1, 0.15) is 0 Å². The largest absolute Gasteiger partial charge is 0.394 e. The summed E-state index contributed by atoms with van der Waals surface area (Å²) in [5.41, 5.74) is 3.03. The van der Waals surface area contributed by atoms with Crippen molar-refractivity contribution in [3.05, 3.63) is 58.1 Å². The number of nitrogens with zero attached hydrogens (tertiary/aromatic N) is 2. The van der Waals surface area contributed by atoms with Crippen molar-refractivity contribution in [2.45, 2.75) is 37.9 Å². The van der Waals surface area contributed by atoms with Crippen molar-refractivity contribution in [1.29, 1.82) is 0 Å². The molecule has 6 nitrogen and oxygen atoms in total. The Morgan fingerprint density at radius 2 is 2.09 bits per heavy atom. The Bertz CT molecular complexity index is 951. The van der Waals surface area contributed by atoms with E-state index in [1.54, 1.807) is 6.07 Å². The van der Waals surface area contributed by atoms with Gasteiger partial charge in [0.2, 0.25) is 5.91 Å². The summed E-state index contributed by atoms with van der Waals surface area (Å²) >= 11 is 12.4. The monoisotopic (exact) mass is 476 g/mol. The highest BCUT2D eigenvalue weighted by Crippen LogP contribution is 2.30. The summed E-state index contributed by atoms with van der Waals surface area (Å²) in [5.74, 6) is 0.116. The third kappa shape index (κ3) is 5.15. The Morgan fingerprint density at radius 1 is 1.25 bits per heavy atom. The summed E-state index contributed by atoms with van der Waals surface area (Å²) in [4.78, 5) is 17.0. The van der Waals surface area contributed by atoms with Crippen LogP contribution >= 0.6 is 23.2 Å². The molecule has 0 radical (unpaired) electrons. The van der Waals surface area contributed by atoms with E-state index >= 15 is 0 Å². The topological polar surface area (TPSA) is 67.8 Å². The molecule has 0 saturated carbocycles. The molecule has 2 aliphatic rings. The number of hydrogen-bond donors (Lipinski definition) is 3. The van der Waals surface area contributed by atoms with Crippen molar-refractivity contribution in [3.63, 3.8) is 0 Å². The molecule has 2 saturated heterocycles. The summed E-state index contributed by atoms with van der Waals surface area (Å²) < 4.78 is 0. The first-order valence-electron chi connectivity index (χ1n) is 11.2. The predicted molar refractivity (Wildman–Crippen MR) is 131 cm³/mol. The van der Waals surface area contributed by atoms with E-state index in [1.165, 1.54) is 0 Å². The van der Waals surface area contributed by atoms with E-state index in [9.17, 15) is 9.90 Å². The van der Waals surface area contributed by atoms with Gasteiger partial charge in [0.15, 0.2) is 0 Å². The zero-order valence-corrected chi connectivity index (χ0v) is 19.7. The molecule has 3 atom stereocenters. The average molecular weight is 477 g/mol. The third-order valence-electron chi connectivity index (χ3n) is 6.36. The number of aliphatic hydroxyl groups is 1. The van der Waals surface area contributed by atoms with Crippen molar-refractivity contribution >= 4 is 40.5 Å². The summed E-state index contributed by atoms with van der Waals surface area (Å²) in [5, 5.41) is 18.0. The summed E-state index contributed by atoms with van der Waals surface area (Å²) in [7, 11) is 0. The highest BCUT2D eigenvalue weighted by Gasteiger charge is 2.34. The van der Waals surface area contributed by atoms with Crippen molar-refractivity contribution in [2.75, 3.05) is 43.0 Å². The Morgan fingerprint density at radius 3 is 2.81 bits per heavy atom. The predicted octanol–water partition coefficient (Wildman–Crippen LogP) is 3.93. The molecular formula is C24H30Cl2N4O2. The average Bonchev–Trinajstić information content (AvgIpc) is 3.33. The number of halogens is 2. The minimum atomic E-state index is -0.206. The Labute approximate surface area is 199 Å². The van der Waals surface area contributed by atoms with Gasteiger partial charge in [0, 0.05) is 47.1 Å². The number of anilines is 2. The lowest BCUT2D eigenvalue weighted by molar-refractivity contribution is -0.136. The van der Waals surface area contributed by atoms with E-state index in [4.69, 9.17) is 23.2 Å². The summed E-state index contributed by atoms with van der Waals surface area (Å²) in [6.45, 7) is 4.86. The maximum Gasteiger partial charge on any atom is 0.240 e. The molecule has 0 aliphatic carbocycles. The second-order valence-electron chi connectivity index (χ2n) is 8.55. The zero-order valence-electron chi connectivity index (χ0n) is 18.2. The number of hydrogen-bond acceptors (Lipinski definition) is 5. The Kier molecular flexibility index (Phi) is 7.46. The highest BCUT2D eigenvalue weighted by atomic mass is 35.5. The van der Waals surface area contributed by atoms with Gasteiger partial charge in [-0.2, -0.15) is 0 Å². The number of carbonyl (C=O) groups excluding carboxylic acids is 1. The van der Waals surface area contributed by atoms with E-state index in [0.29, 0.717) is 23.1 Å². The maximum atomic E-state index is 12.9. The van der Waals surface area contributed by atoms with Gasteiger partial charge in [0.05, 0.1) is 18.7 Å². The van der Waals surface area contributed by atoms with Crippen LogP contribution in [0, 0.1) is 0 Å².